The first-order valence-electron chi connectivity index (χ1n) is 10.0. The maximum atomic E-state index is 13.9. The number of nitrogens with zero attached hydrogens (tertiary/aromatic N) is 3. The number of nitrogens with one attached hydrogen (secondary N) is 1. The first-order chi connectivity index (χ1) is 14.2. The van der Waals surface area contributed by atoms with Crippen LogP contribution in [0.15, 0.2) is 42.5 Å². The molecule has 1 saturated carbocycles. The van der Waals surface area contributed by atoms with Crippen LogP contribution in [0, 0.1) is 5.82 Å². The van der Waals surface area contributed by atoms with Gasteiger partial charge in [0.15, 0.2) is 17.4 Å². The summed E-state index contributed by atoms with van der Waals surface area (Å²) in [7, 11) is 0. The number of fused-ring (bicyclic) bond motifs is 3. The molecule has 2 heterocycles. The Kier molecular flexibility index (Phi) is 4.97. The van der Waals surface area contributed by atoms with E-state index in [9.17, 15) is 4.39 Å². The van der Waals surface area contributed by atoms with Crippen LogP contribution in [0.5, 0.6) is 5.75 Å². The molecule has 1 fully saturated rings. The van der Waals surface area contributed by atoms with E-state index in [1.807, 2.05) is 18.2 Å². The quantitative estimate of drug-likeness (QED) is 0.673. The minimum Gasteiger partial charge on any atom is -0.487 e. The van der Waals surface area contributed by atoms with Gasteiger partial charge in [-0.2, -0.15) is 0 Å². The minimum absolute atomic E-state index is 0.0300. The lowest BCUT2D eigenvalue weighted by Gasteiger charge is -2.29. The fourth-order valence-corrected chi connectivity index (χ4v) is 4.55. The van der Waals surface area contributed by atoms with Crippen LogP contribution in [0.4, 0.5) is 4.39 Å². The molecule has 5 rings (SSSR count). The fourth-order valence-electron chi connectivity index (χ4n) is 4.35. The predicted molar refractivity (Wildman–Crippen MR) is 109 cm³/mol. The average molecular weight is 413 g/mol. The van der Waals surface area contributed by atoms with Crippen LogP contribution in [0.1, 0.15) is 48.8 Å². The van der Waals surface area contributed by atoms with Crippen molar-refractivity contribution in [3.05, 3.63) is 70.5 Å². The van der Waals surface area contributed by atoms with Gasteiger partial charge < -0.3 is 10.1 Å². The van der Waals surface area contributed by atoms with E-state index >= 15 is 0 Å². The van der Waals surface area contributed by atoms with Crippen molar-refractivity contribution in [3.8, 4) is 11.4 Å². The highest BCUT2D eigenvalue weighted by Gasteiger charge is 2.30. The Labute approximate surface area is 173 Å². The van der Waals surface area contributed by atoms with Crippen LogP contribution in [-0.4, -0.2) is 20.9 Å². The van der Waals surface area contributed by atoms with Crippen LogP contribution < -0.4 is 10.1 Å². The van der Waals surface area contributed by atoms with Crippen molar-refractivity contribution in [2.45, 2.75) is 50.8 Å². The Morgan fingerprint density at radius 1 is 1.03 bits per heavy atom. The zero-order chi connectivity index (χ0) is 19.8. The van der Waals surface area contributed by atoms with Gasteiger partial charge in [-0.05, 0) is 61.6 Å². The Bertz CT molecular complexity index is 1030. The van der Waals surface area contributed by atoms with Crippen LogP contribution in [-0.2, 0) is 13.1 Å². The molecule has 150 valence electrons. The van der Waals surface area contributed by atoms with Crippen LogP contribution in [0.3, 0.4) is 0 Å². The molecule has 1 aromatic heterocycles. The second-order valence-electron chi connectivity index (χ2n) is 7.71. The molecule has 1 N–H and O–H groups in total. The van der Waals surface area contributed by atoms with E-state index in [0.717, 1.165) is 60.2 Å². The molecule has 0 amide bonds. The summed E-state index contributed by atoms with van der Waals surface area (Å²) in [4.78, 5) is 0. The fraction of sp³-hybridized carbons (Fsp3) is 0.364. The van der Waals surface area contributed by atoms with Gasteiger partial charge >= 0.3 is 0 Å². The SMILES string of the molecule is Fc1ccccc1OC1CCC(c2nnc3n2-c2ccc(Cl)cc2CNC3)CC1. The van der Waals surface area contributed by atoms with Gasteiger partial charge in [0.2, 0.25) is 0 Å². The zero-order valence-electron chi connectivity index (χ0n) is 15.9. The van der Waals surface area contributed by atoms with Gasteiger partial charge in [0.25, 0.3) is 0 Å². The van der Waals surface area contributed by atoms with Crippen molar-refractivity contribution < 1.29 is 9.13 Å². The Balaban J connectivity index is 1.36. The summed E-state index contributed by atoms with van der Waals surface area (Å²) >= 11 is 6.20. The number of para-hydroxylation sites is 1. The minimum atomic E-state index is -0.305. The smallest absolute Gasteiger partial charge is 0.165 e. The lowest BCUT2D eigenvalue weighted by molar-refractivity contribution is 0.139. The molecule has 3 aromatic rings. The summed E-state index contributed by atoms with van der Waals surface area (Å²) in [5, 5.41) is 13.1. The Hall–Kier alpha value is -2.44. The van der Waals surface area contributed by atoms with Crippen LogP contribution in [0.25, 0.3) is 5.69 Å². The molecule has 0 saturated heterocycles. The highest BCUT2D eigenvalue weighted by atomic mass is 35.5. The number of ether oxygens (including phenoxy) is 1. The van der Waals surface area contributed by atoms with Gasteiger partial charge in [0.05, 0.1) is 18.3 Å². The summed E-state index contributed by atoms with van der Waals surface area (Å²) in [6.07, 6.45) is 3.64. The molecular formula is C22H22ClFN4O. The van der Waals surface area contributed by atoms with Crippen LogP contribution in [0.2, 0.25) is 5.02 Å². The van der Waals surface area contributed by atoms with Crippen molar-refractivity contribution in [1.82, 2.24) is 20.1 Å². The molecule has 7 heteroatoms. The molecule has 0 unspecified atom stereocenters. The number of hydrogen-bond donors (Lipinski definition) is 1. The zero-order valence-corrected chi connectivity index (χ0v) is 16.7. The van der Waals surface area contributed by atoms with E-state index in [2.05, 4.69) is 20.1 Å². The van der Waals surface area contributed by atoms with E-state index in [4.69, 9.17) is 16.3 Å². The summed E-state index contributed by atoms with van der Waals surface area (Å²) in [5.74, 6) is 2.25. The second kappa shape index (κ2) is 7.76. The van der Waals surface area contributed by atoms with Gasteiger partial charge in [0.1, 0.15) is 5.82 Å². The molecule has 1 aliphatic heterocycles. The topological polar surface area (TPSA) is 52.0 Å². The number of rotatable bonds is 3. The number of halogens is 2. The van der Waals surface area contributed by atoms with Gasteiger partial charge in [-0.25, -0.2) is 4.39 Å². The van der Waals surface area contributed by atoms with E-state index in [1.165, 1.54) is 6.07 Å². The summed E-state index contributed by atoms with van der Waals surface area (Å²) < 4.78 is 22.0. The van der Waals surface area contributed by atoms with E-state index in [1.54, 1.807) is 18.2 Å². The normalized spacial score (nSPS) is 21.2. The molecule has 0 bridgehead atoms. The number of hydrogen-bond acceptors (Lipinski definition) is 4. The third-order valence-electron chi connectivity index (χ3n) is 5.81. The van der Waals surface area contributed by atoms with Gasteiger partial charge in [0, 0.05) is 17.5 Å². The highest BCUT2D eigenvalue weighted by molar-refractivity contribution is 6.30. The molecule has 5 nitrogen and oxygen atoms in total. The maximum Gasteiger partial charge on any atom is 0.165 e. The van der Waals surface area contributed by atoms with Crippen molar-refractivity contribution in [2.24, 2.45) is 0 Å². The monoisotopic (exact) mass is 412 g/mol. The van der Waals surface area contributed by atoms with Crippen molar-refractivity contribution in [3.63, 3.8) is 0 Å². The van der Waals surface area contributed by atoms with Gasteiger partial charge in [-0.3, -0.25) is 4.57 Å². The molecule has 0 atom stereocenters. The summed E-state index contributed by atoms with van der Waals surface area (Å²) in [6.45, 7) is 1.42. The molecule has 0 radical (unpaired) electrons. The molecule has 0 spiro atoms. The van der Waals surface area contributed by atoms with Gasteiger partial charge in [-0.1, -0.05) is 23.7 Å². The van der Waals surface area contributed by atoms with Crippen molar-refractivity contribution in [1.29, 1.82) is 0 Å². The first kappa shape index (κ1) is 18.6. The third-order valence-corrected chi connectivity index (χ3v) is 6.04. The number of aromatic nitrogens is 3. The van der Waals surface area contributed by atoms with E-state index in [-0.39, 0.29) is 11.9 Å². The standard InChI is InChI=1S/C22H22ClFN4O/c23-16-7-10-19-15(11-16)12-25-13-21-26-27-22(28(19)21)14-5-8-17(9-6-14)29-20-4-2-1-3-18(20)24/h1-4,7,10-11,14,17,25H,5-6,8-9,12-13H2. The lowest BCUT2D eigenvalue weighted by atomic mass is 9.86. The molecule has 2 aromatic carbocycles. The lowest BCUT2D eigenvalue weighted by Crippen LogP contribution is -2.25. The predicted octanol–water partition coefficient (Wildman–Crippen LogP) is 4.77. The average Bonchev–Trinajstić information content (AvgIpc) is 3.06. The molecular weight excluding hydrogens is 391 g/mol. The third kappa shape index (κ3) is 3.63. The molecule has 29 heavy (non-hydrogen) atoms. The second-order valence-corrected chi connectivity index (χ2v) is 8.14. The Morgan fingerprint density at radius 3 is 2.69 bits per heavy atom. The van der Waals surface area contributed by atoms with E-state index in [0.29, 0.717) is 18.2 Å². The molecule has 1 aliphatic carbocycles. The van der Waals surface area contributed by atoms with Gasteiger partial charge in [-0.15, -0.1) is 10.2 Å². The number of benzene rings is 2. The largest absolute Gasteiger partial charge is 0.487 e. The maximum absolute atomic E-state index is 13.9. The first-order valence-corrected chi connectivity index (χ1v) is 10.4. The Morgan fingerprint density at radius 2 is 1.86 bits per heavy atom. The van der Waals surface area contributed by atoms with Crippen molar-refractivity contribution in [2.75, 3.05) is 0 Å². The summed E-state index contributed by atoms with van der Waals surface area (Å²) in [6, 6.07) is 12.6. The molecule has 2 aliphatic rings. The van der Waals surface area contributed by atoms with Crippen molar-refractivity contribution >= 4 is 11.6 Å². The summed E-state index contributed by atoms with van der Waals surface area (Å²) in [5.41, 5.74) is 2.24. The van der Waals surface area contributed by atoms with Crippen LogP contribution >= 0.6 is 11.6 Å². The van der Waals surface area contributed by atoms with E-state index < -0.39 is 0 Å². The highest BCUT2D eigenvalue weighted by Crippen LogP contribution is 2.36.